The van der Waals surface area contributed by atoms with Crippen LogP contribution in [0.5, 0.6) is 0 Å². The van der Waals surface area contributed by atoms with Crippen molar-refractivity contribution in [1.29, 1.82) is 0 Å². The van der Waals surface area contributed by atoms with Crippen LogP contribution >= 0.6 is 0 Å². The largest absolute Gasteiger partial charge is 0.397 e. The summed E-state index contributed by atoms with van der Waals surface area (Å²) in [5, 5.41) is 0. The Hall–Kier alpha value is -1.71. The lowest BCUT2D eigenvalue weighted by atomic mass is 10.1. The molecule has 0 aliphatic carbocycles. The van der Waals surface area contributed by atoms with Crippen molar-refractivity contribution in [3.8, 4) is 0 Å². The van der Waals surface area contributed by atoms with Crippen molar-refractivity contribution >= 4 is 17.3 Å². The molecule has 1 unspecified atom stereocenters. The number of nitrogen functional groups attached to an aromatic ring is 1. The van der Waals surface area contributed by atoms with E-state index in [1.165, 1.54) is 25.7 Å². The van der Waals surface area contributed by atoms with Crippen LogP contribution in [0.25, 0.3) is 0 Å². The Balaban J connectivity index is 2.36. The van der Waals surface area contributed by atoms with Gasteiger partial charge in [-0.3, -0.25) is 4.79 Å². The molecule has 0 radical (unpaired) electrons. The van der Waals surface area contributed by atoms with E-state index in [4.69, 9.17) is 11.5 Å². The number of nitrogens with two attached hydrogens (primary N) is 2. The van der Waals surface area contributed by atoms with E-state index in [9.17, 15) is 4.79 Å². The molecule has 19 heavy (non-hydrogen) atoms. The number of hydrogen-bond acceptors (Lipinski definition) is 3. The second kappa shape index (κ2) is 5.95. The fourth-order valence-electron chi connectivity index (χ4n) is 2.86. The lowest BCUT2D eigenvalue weighted by Crippen LogP contribution is -2.35. The van der Waals surface area contributed by atoms with Crippen LogP contribution in [0.1, 0.15) is 49.4 Å². The van der Waals surface area contributed by atoms with Gasteiger partial charge in [-0.25, -0.2) is 0 Å². The van der Waals surface area contributed by atoms with Crippen molar-refractivity contribution in [2.75, 3.05) is 17.2 Å². The third-order valence-corrected chi connectivity index (χ3v) is 3.97. The maximum atomic E-state index is 11.3. The van der Waals surface area contributed by atoms with E-state index >= 15 is 0 Å². The van der Waals surface area contributed by atoms with E-state index in [-0.39, 0.29) is 0 Å². The minimum atomic E-state index is -0.399. The van der Waals surface area contributed by atoms with Gasteiger partial charge in [-0.2, -0.15) is 0 Å². The zero-order chi connectivity index (χ0) is 13.8. The zero-order valence-corrected chi connectivity index (χ0v) is 11.6. The molecule has 1 heterocycles. The minimum Gasteiger partial charge on any atom is -0.397 e. The number of carbonyl (C=O) groups is 1. The van der Waals surface area contributed by atoms with E-state index in [1.807, 2.05) is 6.07 Å². The van der Waals surface area contributed by atoms with Gasteiger partial charge >= 0.3 is 0 Å². The molecule has 4 heteroatoms. The summed E-state index contributed by atoms with van der Waals surface area (Å²) < 4.78 is 0. The van der Waals surface area contributed by atoms with E-state index in [0.717, 1.165) is 24.3 Å². The minimum absolute atomic E-state index is 0.399. The van der Waals surface area contributed by atoms with Gasteiger partial charge in [0.05, 0.1) is 11.4 Å². The highest BCUT2D eigenvalue weighted by molar-refractivity contribution is 5.95. The molecule has 104 valence electrons. The van der Waals surface area contributed by atoms with Gasteiger partial charge in [0.2, 0.25) is 5.91 Å². The normalized spacial score (nSPS) is 20.1. The SMILES string of the molecule is CCC1CCCCCN1c1cc(C(N)=O)ccc1N. The van der Waals surface area contributed by atoms with E-state index in [2.05, 4.69) is 11.8 Å². The number of amides is 1. The Labute approximate surface area is 114 Å². The first kappa shape index (κ1) is 13.7. The fraction of sp³-hybridized carbons (Fsp3) is 0.533. The van der Waals surface area contributed by atoms with Gasteiger partial charge in [0.1, 0.15) is 0 Å². The number of hydrogen-bond donors (Lipinski definition) is 2. The molecule has 1 atom stereocenters. The predicted molar refractivity (Wildman–Crippen MR) is 79.3 cm³/mol. The van der Waals surface area contributed by atoms with E-state index in [0.29, 0.717) is 11.6 Å². The summed E-state index contributed by atoms with van der Waals surface area (Å²) in [6, 6.07) is 5.83. The number of anilines is 2. The summed E-state index contributed by atoms with van der Waals surface area (Å²) in [7, 11) is 0. The summed E-state index contributed by atoms with van der Waals surface area (Å²) in [6.07, 6.45) is 6.00. The number of primary amides is 1. The molecule has 4 nitrogen and oxygen atoms in total. The van der Waals surface area contributed by atoms with Gasteiger partial charge in [-0.15, -0.1) is 0 Å². The Morgan fingerprint density at radius 3 is 2.84 bits per heavy atom. The Bertz CT molecular complexity index is 459. The van der Waals surface area contributed by atoms with Gasteiger partial charge < -0.3 is 16.4 Å². The van der Waals surface area contributed by atoms with Crippen LogP contribution < -0.4 is 16.4 Å². The summed E-state index contributed by atoms with van der Waals surface area (Å²) in [6.45, 7) is 3.21. The summed E-state index contributed by atoms with van der Waals surface area (Å²) in [4.78, 5) is 13.7. The molecule has 4 N–H and O–H groups in total. The van der Waals surface area contributed by atoms with Gasteiger partial charge in [0, 0.05) is 18.2 Å². The molecule has 1 aromatic rings. The van der Waals surface area contributed by atoms with Crippen LogP contribution in [0.4, 0.5) is 11.4 Å². The van der Waals surface area contributed by atoms with E-state index < -0.39 is 5.91 Å². The van der Waals surface area contributed by atoms with Crippen LogP contribution in [-0.4, -0.2) is 18.5 Å². The van der Waals surface area contributed by atoms with Gasteiger partial charge in [0.25, 0.3) is 0 Å². The predicted octanol–water partition coefficient (Wildman–Crippen LogP) is 2.53. The Morgan fingerprint density at radius 2 is 2.16 bits per heavy atom. The third kappa shape index (κ3) is 3.00. The molecule has 0 aromatic heterocycles. The van der Waals surface area contributed by atoms with Gasteiger partial charge in [-0.1, -0.05) is 19.8 Å². The smallest absolute Gasteiger partial charge is 0.248 e. The molecule has 1 fully saturated rings. The summed E-state index contributed by atoms with van der Waals surface area (Å²) >= 11 is 0. The molecule has 1 aliphatic rings. The van der Waals surface area contributed by atoms with Crippen molar-refractivity contribution in [3.05, 3.63) is 23.8 Å². The highest BCUT2D eigenvalue weighted by Gasteiger charge is 2.22. The Kier molecular flexibility index (Phi) is 4.30. The Morgan fingerprint density at radius 1 is 1.37 bits per heavy atom. The molecule has 1 saturated heterocycles. The zero-order valence-electron chi connectivity index (χ0n) is 11.6. The molecule has 0 saturated carbocycles. The summed E-state index contributed by atoms with van der Waals surface area (Å²) in [5.74, 6) is -0.399. The molecule has 2 rings (SSSR count). The quantitative estimate of drug-likeness (QED) is 0.821. The second-order valence-corrected chi connectivity index (χ2v) is 5.24. The van der Waals surface area contributed by atoms with Crippen LogP contribution in [0.3, 0.4) is 0 Å². The molecular formula is C15H23N3O. The third-order valence-electron chi connectivity index (χ3n) is 3.97. The molecule has 0 bridgehead atoms. The average Bonchev–Trinajstić information content (AvgIpc) is 2.64. The van der Waals surface area contributed by atoms with Crippen molar-refractivity contribution in [3.63, 3.8) is 0 Å². The monoisotopic (exact) mass is 261 g/mol. The summed E-state index contributed by atoms with van der Waals surface area (Å²) in [5.41, 5.74) is 13.7. The van der Waals surface area contributed by atoms with Crippen LogP contribution in [0, 0.1) is 0 Å². The highest BCUT2D eigenvalue weighted by atomic mass is 16.1. The molecule has 1 aromatic carbocycles. The lowest BCUT2D eigenvalue weighted by molar-refractivity contribution is 0.100. The maximum absolute atomic E-state index is 11.3. The first-order chi connectivity index (χ1) is 9.13. The maximum Gasteiger partial charge on any atom is 0.248 e. The average molecular weight is 261 g/mol. The van der Waals surface area contributed by atoms with Crippen molar-refractivity contribution in [2.24, 2.45) is 5.73 Å². The van der Waals surface area contributed by atoms with E-state index in [1.54, 1.807) is 12.1 Å². The van der Waals surface area contributed by atoms with Gasteiger partial charge in [0.15, 0.2) is 0 Å². The first-order valence-electron chi connectivity index (χ1n) is 7.09. The number of nitrogens with zero attached hydrogens (tertiary/aromatic N) is 1. The standard InChI is InChI=1S/C15H23N3O/c1-2-12-6-4-3-5-9-18(12)14-10-11(15(17)19)7-8-13(14)16/h7-8,10,12H,2-6,9,16H2,1H3,(H2,17,19). The molecule has 0 spiro atoms. The van der Waals surface area contributed by atoms with Gasteiger partial charge in [-0.05, 0) is 37.5 Å². The molecule has 1 amide bonds. The number of carbonyl (C=O) groups excluding carboxylic acids is 1. The molecular weight excluding hydrogens is 238 g/mol. The first-order valence-corrected chi connectivity index (χ1v) is 7.09. The lowest BCUT2D eigenvalue weighted by Gasteiger charge is -2.32. The van der Waals surface area contributed by atoms with Crippen LogP contribution in [0.15, 0.2) is 18.2 Å². The van der Waals surface area contributed by atoms with Crippen molar-refractivity contribution in [2.45, 2.75) is 45.1 Å². The number of benzene rings is 1. The topological polar surface area (TPSA) is 72.3 Å². The van der Waals surface area contributed by atoms with Crippen LogP contribution in [-0.2, 0) is 0 Å². The van der Waals surface area contributed by atoms with Crippen molar-refractivity contribution < 1.29 is 4.79 Å². The highest BCUT2D eigenvalue weighted by Crippen LogP contribution is 2.31. The van der Waals surface area contributed by atoms with Crippen molar-refractivity contribution in [1.82, 2.24) is 0 Å². The molecule has 1 aliphatic heterocycles. The fourth-order valence-corrected chi connectivity index (χ4v) is 2.86. The number of rotatable bonds is 3. The van der Waals surface area contributed by atoms with Crippen LogP contribution in [0.2, 0.25) is 0 Å². The second-order valence-electron chi connectivity index (χ2n) is 5.24.